The molecule has 0 spiro atoms. The highest BCUT2D eigenvalue weighted by atomic mass is 35.5. The number of rotatable bonds is 7. The summed E-state index contributed by atoms with van der Waals surface area (Å²) in [6, 6.07) is 21.4. The minimum absolute atomic E-state index is 0.112. The molecule has 32 heavy (non-hydrogen) atoms. The fourth-order valence-corrected chi connectivity index (χ4v) is 3.58. The van der Waals surface area contributed by atoms with Crippen molar-refractivity contribution in [2.24, 2.45) is 0 Å². The van der Waals surface area contributed by atoms with Crippen LogP contribution in [0.15, 0.2) is 77.6 Å². The number of hydrogen-bond donors (Lipinski definition) is 1. The zero-order valence-corrected chi connectivity index (χ0v) is 18.4. The van der Waals surface area contributed by atoms with Gasteiger partial charge in [-0.2, -0.15) is 0 Å². The molecule has 3 aromatic carbocycles. The van der Waals surface area contributed by atoms with Crippen LogP contribution in [0, 0.1) is 0 Å². The average Bonchev–Trinajstić information content (AvgIpc) is 2.80. The maximum Gasteiger partial charge on any atom is 0.261 e. The van der Waals surface area contributed by atoms with Crippen LogP contribution in [0.1, 0.15) is 11.4 Å². The standard InChI is InChI=1S/C24H19Cl2N3O3/c25-17-10-11-19(26)21(12-17)32-15-23(30)29(13-16-6-2-1-3-7-16)14-22-27-20-9-5-4-8-18(20)24(31)28-22/h1-12H,13-15H2,(H,27,28,31). The van der Waals surface area contributed by atoms with E-state index in [-0.39, 0.29) is 24.6 Å². The number of amides is 1. The molecule has 4 rings (SSSR count). The number of para-hydroxylation sites is 1. The first-order chi connectivity index (χ1) is 15.5. The van der Waals surface area contributed by atoms with Gasteiger partial charge in [-0.15, -0.1) is 0 Å². The molecule has 0 unspecified atom stereocenters. The Bertz CT molecular complexity index is 1310. The largest absolute Gasteiger partial charge is 0.482 e. The van der Waals surface area contributed by atoms with Gasteiger partial charge in [0, 0.05) is 17.6 Å². The summed E-state index contributed by atoms with van der Waals surface area (Å²) in [5.74, 6) is 0.420. The summed E-state index contributed by atoms with van der Waals surface area (Å²) in [6.45, 7) is 0.188. The molecule has 0 fully saturated rings. The van der Waals surface area contributed by atoms with E-state index in [1.807, 2.05) is 36.4 Å². The molecule has 0 aliphatic carbocycles. The summed E-state index contributed by atoms with van der Waals surface area (Å²) in [5, 5.41) is 1.31. The maximum atomic E-state index is 13.1. The van der Waals surface area contributed by atoms with Gasteiger partial charge in [-0.25, -0.2) is 4.98 Å². The number of halogens is 2. The number of carbonyl (C=O) groups is 1. The van der Waals surface area contributed by atoms with Crippen LogP contribution in [0.2, 0.25) is 10.0 Å². The van der Waals surface area contributed by atoms with Crippen LogP contribution in [0.25, 0.3) is 10.9 Å². The van der Waals surface area contributed by atoms with Gasteiger partial charge in [0.15, 0.2) is 6.61 Å². The van der Waals surface area contributed by atoms with Crippen molar-refractivity contribution >= 4 is 40.0 Å². The number of aromatic amines is 1. The highest BCUT2D eigenvalue weighted by Crippen LogP contribution is 2.27. The van der Waals surface area contributed by atoms with Gasteiger partial charge in [-0.05, 0) is 29.8 Å². The van der Waals surface area contributed by atoms with Gasteiger partial charge in [0.1, 0.15) is 11.6 Å². The Balaban J connectivity index is 1.57. The van der Waals surface area contributed by atoms with E-state index in [4.69, 9.17) is 27.9 Å². The Morgan fingerprint density at radius 3 is 2.53 bits per heavy atom. The third-order valence-electron chi connectivity index (χ3n) is 4.82. The van der Waals surface area contributed by atoms with Gasteiger partial charge >= 0.3 is 0 Å². The van der Waals surface area contributed by atoms with E-state index in [0.29, 0.717) is 39.1 Å². The fourth-order valence-electron chi connectivity index (χ4n) is 3.25. The van der Waals surface area contributed by atoms with Crippen LogP contribution in [-0.2, 0) is 17.9 Å². The van der Waals surface area contributed by atoms with Crippen molar-refractivity contribution in [3.8, 4) is 5.75 Å². The second kappa shape index (κ2) is 9.85. The number of nitrogens with zero attached hydrogens (tertiary/aromatic N) is 2. The molecule has 4 aromatic rings. The highest BCUT2D eigenvalue weighted by molar-refractivity contribution is 6.34. The summed E-state index contributed by atoms with van der Waals surface area (Å²) in [5.41, 5.74) is 1.25. The lowest BCUT2D eigenvalue weighted by molar-refractivity contribution is -0.134. The van der Waals surface area contributed by atoms with Gasteiger partial charge in [0.2, 0.25) is 0 Å². The Hall–Kier alpha value is -3.35. The van der Waals surface area contributed by atoms with Gasteiger partial charge < -0.3 is 14.6 Å². The van der Waals surface area contributed by atoms with Crippen molar-refractivity contribution < 1.29 is 9.53 Å². The predicted octanol–water partition coefficient (Wildman–Crippen LogP) is 4.84. The van der Waals surface area contributed by atoms with Crippen LogP contribution in [0.3, 0.4) is 0 Å². The molecule has 6 nitrogen and oxygen atoms in total. The lowest BCUT2D eigenvalue weighted by Crippen LogP contribution is -2.35. The zero-order valence-electron chi connectivity index (χ0n) is 16.9. The van der Waals surface area contributed by atoms with E-state index in [9.17, 15) is 9.59 Å². The molecule has 1 aromatic heterocycles. The second-order valence-electron chi connectivity index (χ2n) is 7.13. The zero-order chi connectivity index (χ0) is 22.5. The molecular formula is C24H19Cl2N3O3. The number of hydrogen-bond acceptors (Lipinski definition) is 4. The second-order valence-corrected chi connectivity index (χ2v) is 7.97. The van der Waals surface area contributed by atoms with E-state index in [2.05, 4.69) is 9.97 Å². The predicted molar refractivity (Wildman–Crippen MR) is 125 cm³/mol. The van der Waals surface area contributed by atoms with E-state index in [1.54, 1.807) is 41.3 Å². The fraction of sp³-hybridized carbons (Fsp3) is 0.125. The molecule has 0 saturated heterocycles. The van der Waals surface area contributed by atoms with Crippen LogP contribution >= 0.6 is 23.2 Å². The Morgan fingerprint density at radius 2 is 1.72 bits per heavy atom. The van der Waals surface area contributed by atoms with Crippen molar-refractivity contribution in [1.82, 2.24) is 14.9 Å². The SMILES string of the molecule is O=C(COc1cc(Cl)ccc1Cl)N(Cc1ccccc1)Cc1nc2ccccc2c(=O)[nH]1. The monoisotopic (exact) mass is 467 g/mol. The Morgan fingerprint density at radius 1 is 0.969 bits per heavy atom. The van der Waals surface area contributed by atoms with Crippen molar-refractivity contribution in [3.05, 3.63) is 105 Å². The molecule has 0 atom stereocenters. The summed E-state index contributed by atoms with van der Waals surface area (Å²) >= 11 is 12.1. The minimum Gasteiger partial charge on any atom is -0.482 e. The van der Waals surface area contributed by atoms with Gasteiger partial charge in [-0.1, -0.05) is 65.7 Å². The van der Waals surface area contributed by atoms with Crippen molar-refractivity contribution in [2.45, 2.75) is 13.1 Å². The number of ether oxygens (including phenoxy) is 1. The van der Waals surface area contributed by atoms with Crippen LogP contribution in [0.4, 0.5) is 0 Å². The number of aromatic nitrogens is 2. The molecule has 0 bridgehead atoms. The first kappa shape index (κ1) is 21.9. The summed E-state index contributed by atoms with van der Waals surface area (Å²) in [6.07, 6.45) is 0. The van der Waals surface area contributed by atoms with Crippen LogP contribution < -0.4 is 10.3 Å². The molecule has 0 aliphatic rings. The molecule has 0 radical (unpaired) electrons. The van der Waals surface area contributed by atoms with Crippen molar-refractivity contribution in [1.29, 1.82) is 0 Å². The number of benzene rings is 3. The highest BCUT2D eigenvalue weighted by Gasteiger charge is 2.18. The maximum absolute atomic E-state index is 13.1. The quantitative estimate of drug-likeness (QED) is 0.421. The molecule has 0 saturated carbocycles. The third-order valence-corrected chi connectivity index (χ3v) is 5.36. The number of fused-ring (bicyclic) bond motifs is 1. The third kappa shape index (κ3) is 5.28. The summed E-state index contributed by atoms with van der Waals surface area (Å²) < 4.78 is 5.63. The lowest BCUT2D eigenvalue weighted by atomic mass is 10.2. The molecule has 1 heterocycles. The Labute approximate surface area is 194 Å². The summed E-state index contributed by atoms with van der Waals surface area (Å²) in [4.78, 5) is 34.4. The summed E-state index contributed by atoms with van der Waals surface area (Å²) in [7, 11) is 0. The molecule has 8 heteroatoms. The smallest absolute Gasteiger partial charge is 0.261 e. The van der Waals surface area contributed by atoms with E-state index >= 15 is 0 Å². The van der Waals surface area contributed by atoms with Crippen molar-refractivity contribution in [3.63, 3.8) is 0 Å². The van der Waals surface area contributed by atoms with Gasteiger partial charge in [0.05, 0.1) is 22.5 Å². The topological polar surface area (TPSA) is 75.3 Å². The number of carbonyl (C=O) groups excluding carboxylic acids is 1. The van der Waals surface area contributed by atoms with Gasteiger partial charge in [-0.3, -0.25) is 9.59 Å². The van der Waals surface area contributed by atoms with E-state index < -0.39 is 0 Å². The average molecular weight is 468 g/mol. The lowest BCUT2D eigenvalue weighted by Gasteiger charge is -2.23. The van der Waals surface area contributed by atoms with Gasteiger partial charge in [0.25, 0.3) is 11.5 Å². The van der Waals surface area contributed by atoms with Crippen LogP contribution in [0.5, 0.6) is 5.75 Å². The van der Waals surface area contributed by atoms with E-state index in [0.717, 1.165) is 5.56 Å². The molecule has 1 amide bonds. The number of H-pyrrole nitrogens is 1. The van der Waals surface area contributed by atoms with Crippen molar-refractivity contribution in [2.75, 3.05) is 6.61 Å². The first-order valence-electron chi connectivity index (χ1n) is 9.87. The van der Waals surface area contributed by atoms with E-state index in [1.165, 1.54) is 0 Å². The number of nitrogens with one attached hydrogen (secondary N) is 1. The molecule has 162 valence electrons. The van der Waals surface area contributed by atoms with Crippen LogP contribution in [-0.4, -0.2) is 27.4 Å². The molecular weight excluding hydrogens is 449 g/mol. The molecule has 0 aliphatic heterocycles. The molecule has 1 N–H and O–H groups in total. The Kier molecular flexibility index (Phi) is 6.73. The minimum atomic E-state index is -0.291. The normalized spacial score (nSPS) is 10.8. The first-order valence-corrected chi connectivity index (χ1v) is 10.6.